The number of aryl methyl sites for hydroxylation is 2. The van der Waals surface area contributed by atoms with Crippen LogP contribution in [0.2, 0.25) is 0 Å². The van der Waals surface area contributed by atoms with E-state index in [0.29, 0.717) is 23.5 Å². The molecule has 0 atom stereocenters. The van der Waals surface area contributed by atoms with Crippen molar-refractivity contribution in [2.45, 2.75) is 20.4 Å². The minimum absolute atomic E-state index is 0.00760. The van der Waals surface area contributed by atoms with E-state index in [0.717, 1.165) is 10.2 Å². The Hall–Kier alpha value is -3.10. The number of aromatic nitrogens is 1. The van der Waals surface area contributed by atoms with Crippen molar-refractivity contribution in [2.24, 2.45) is 4.99 Å². The highest BCUT2D eigenvalue weighted by Gasteiger charge is 2.09. The van der Waals surface area contributed by atoms with E-state index in [-0.39, 0.29) is 5.69 Å². The molecule has 0 N–H and O–H groups in total. The van der Waals surface area contributed by atoms with Crippen LogP contribution in [0.5, 0.6) is 0 Å². The van der Waals surface area contributed by atoms with Crippen molar-refractivity contribution in [2.75, 3.05) is 13.7 Å². The van der Waals surface area contributed by atoms with Gasteiger partial charge in [-0.25, -0.2) is 0 Å². The van der Waals surface area contributed by atoms with Crippen molar-refractivity contribution >= 4 is 39.2 Å². The monoisotopic (exact) mass is 411 g/mol. The number of hydrogen-bond donors (Lipinski definition) is 0. The van der Waals surface area contributed by atoms with Crippen LogP contribution in [0.25, 0.3) is 16.3 Å². The predicted octanol–water partition coefficient (Wildman–Crippen LogP) is 4.01. The Bertz CT molecular complexity index is 1160. The van der Waals surface area contributed by atoms with Gasteiger partial charge < -0.3 is 9.30 Å². The van der Waals surface area contributed by atoms with E-state index in [4.69, 9.17) is 4.74 Å². The first kappa shape index (κ1) is 20.6. The average molecular weight is 411 g/mol. The molecule has 0 radical (unpaired) electrons. The molecule has 0 aliphatic heterocycles. The maximum Gasteiger partial charge on any atom is 0.272 e. The molecule has 0 saturated heterocycles. The third kappa shape index (κ3) is 4.85. The molecule has 0 saturated carbocycles. The second kappa shape index (κ2) is 8.93. The molecule has 8 heteroatoms. The molecule has 1 aromatic heterocycles. The van der Waals surface area contributed by atoms with Crippen LogP contribution in [-0.4, -0.2) is 29.1 Å². The minimum atomic E-state index is -0.461. The first-order valence-electron chi connectivity index (χ1n) is 9.00. The number of nitro groups is 1. The van der Waals surface area contributed by atoms with Crippen LogP contribution in [0.3, 0.4) is 0 Å². The smallest absolute Gasteiger partial charge is 0.272 e. The van der Waals surface area contributed by atoms with Gasteiger partial charge in [-0.1, -0.05) is 11.3 Å². The zero-order valence-electron chi connectivity index (χ0n) is 16.4. The van der Waals surface area contributed by atoms with Crippen molar-refractivity contribution in [3.8, 4) is 0 Å². The molecular weight excluding hydrogens is 390 g/mol. The molecule has 3 aromatic rings. The number of amides is 1. The van der Waals surface area contributed by atoms with Crippen molar-refractivity contribution in [1.82, 2.24) is 4.57 Å². The molecule has 1 heterocycles. The van der Waals surface area contributed by atoms with Crippen LogP contribution in [0, 0.1) is 24.0 Å². The van der Waals surface area contributed by atoms with Crippen LogP contribution in [-0.2, 0) is 16.1 Å². The number of ether oxygens (including phenoxy) is 1. The first-order valence-corrected chi connectivity index (χ1v) is 9.81. The molecule has 0 fully saturated rings. The molecule has 29 heavy (non-hydrogen) atoms. The fraction of sp³-hybridized carbons (Fsp3) is 0.238. The zero-order chi connectivity index (χ0) is 21.0. The van der Waals surface area contributed by atoms with Gasteiger partial charge in [-0.05, 0) is 60.9 Å². The Morgan fingerprint density at radius 1 is 1.24 bits per heavy atom. The molecule has 0 aliphatic carbocycles. The van der Waals surface area contributed by atoms with E-state index < -0.39 is 10.8 Å². The topological polar surface area (TPSA) is 86.7 Å². The second-order valence-corrected chi connectivity index (χ2v) is 7.57. The number of benzene rings is 2. The average Bonchev–Trinajstić information content (AvgIpc) is 3.01. The number of thiazole rings is 1. The van der Waals surface area contributed by atoms with Gasteiger partial charge in [0.2, 0.25) is 0 Å². The van der Waals surface area contributed by atoms with Crippen molar-refractivity contribution < 1.29 is 14.5 Å². The van der Waals surface area contributed by atoms with E-state index in [1.54, 1.807) is 25.3 Å². The van der Waals surface area contributed by atoms with Gasteiger partial charge in [-0.2, -0.15) is 4.99 Å². The molecule has 7 nitrogen and oxygen atoms in total. The molecule has 0 bridgehead atoms. The lowest BCUT2D eigenvalue weighted by Gasteiger charge is -2.06. The number of methoxy groups -OCH3 is 1. The summed E-state index contributed by atoms with van der Waals surface area (Å²) in [6, 6.07) is 10.2. The summed E-state index contributed by atoms with van der Waals surface area (Å²) >= 11 is 1.46. The van der Waals surface area contributed by atoms with Crippen molar-refractivity contribution in [3.05, 3.63) is 74.1 Å². The molecule has 0 spiro atoms. The summed E-state index contributed by atoms with van der Waals surface area (Å²) in [5, 5.41) is 10.7. The third-order valence-corrected chi connectivity index (χ3v) is 5.59. The van der Waals surface area contributed by atoms with Gasteiger partial charge >= 0.3 is 0 Å². The lowest BCUT2D eigenvalue weighted by Crippen LogP contribution is -2.19. The number of hydrogen-bond acceptors (Lipinski definition) is 5. The van der Waals surface area contributed by atoms with Crippen LogP contribution in [0.4, 0.5) is 5.69 Å². The highest BCUT2D eigenvalue weighted by molar-refractivity contribution is 7.16. The first-order chi connectivity index (χ1) is 13.9. The summed E-state index contributed by atoms with van der Waals surface area (Å²) in [7, 11) is 1.64. The number of non-ortho nitro benzene ring substituents is 1. The summed E-state index contributed by atoms with van der Waals surface area (Å²) in [6.45, 7) is 5.22. The number of nitrogens with zero attached hydrogens (tertiary/aromatic N) is 3. The number of carbonyl (C=O) groups is 1. The molecule has 3 rings (SSSR count). The van der Waals surface area contributed by atoms with E-state index >= 15 is 0 Å². The van der Waals surface area contributed by atoms with Gasteiger partial charge in [0.25, 0.3) is 11.6 Å². The molecular formula is C21H21N3O4S. The van der Waals surface area contributed by atoms with E-state index in [2.05, 4.69) is 31.0 Å². The SMILES string of the molecule is COCCn1c(=NC(=O)/C=C\c2ccc([N+](=O)[O-])cc2)sc2cc(C)c(C)cc21. The standard InChI is InChI=1S/C21H21N3O4S/c1-14-12-18-19(13-15(14)2)29-21(23(18)10-11-28-3)22-20(25)9-6-16-4-7-17(8-5-16)24(26)27/h4-9,12-13H,10-11H2,1-3H3/b9-6-,22-21?. The number of carbonyl (C=O) groups excluding carboxylic acids is 1. The predicted molar refractivity (Wildman–Crippen MR) is 114 cm³/mol. The lowest BCUT2D eigenvalue weighted by atomic mass is 10.1. The maximum atomic E-state index is 12.4. The Balaban J connectivity index is 1.93. The fourth-order valence-electron chi connectivity index (χ4n) is 2.81. The highest BCUT2D eigenvalue weighted by Crippen LogP contribution is 2.22. The zero-order valence-corrected chi connectivity index (χ0v) is 17.2. The van der Waals surface area contributed by atoms with Crippen molar-refractivity contribution in [3.63, 3.8) is 0 Å². The number of rotatable bonds is 6. The maximum absolute atomic E-state index is 12.4. The normalized spacial score (nSPS) is 12.2. The summed E-state index contributed by atoms with van der Waals surface area (Å²) in [5.74, 6) is -0.394. The van der Waals surface area contributed by atoms with E-state index in [1.807, 2.05) is 4.57 Å². The van der Waals surface area contributed by atoms with Gasteiger partial charge in [0.05, 0.1) is 21.7 Å². The van der Waals surface area contributed by atoms with Crippen LogP contribution in [0.1, 0.15) is 16.7 Å². The molecule has 0 aliphatic rings. The Morgan fingerprint density at radius 3 is 2.59 bits per heavy atom. The molecule has 150 valence electrons. The van der Waals surface area contributed by atoms with E-state index in [9.17, 15) is 14.9 Å². The largest absolute Gasteiger partial charge is 0.383 e. The fourth-order valence-corrected chi connectivity index (χ4v) is 3.95. The molecule has 2 aromatic carbocycles. The quantitative estimate of drug-likeness (QED) is 0.348. The number of fused-ring (bicyclic) bond motifs is 1. The summed E-state index contributed by atoms with van der Waals surface area (Å²) < 4.78 is 8.26. The molecule has 0 unspecified atom stereocenters. The van der Waals surface area contributed by atoms with Gasteiger partial charge in [-0.3, -0.25) is 14.9 Å². The number of nitro benzene ring substituents is 1. The van der Waals surface area contributed by atoms with Crippen LogP contribution in [0.15, 0.2) is 47.5 Å². The summed E-state index contributed by atoms with van der Waals surface area (Å²) in [5.41, 5.74) is 4.09. The van der Waals surface area contributed by atoms with E-state index in [1.165, 1.54) is 40.7 Å². The Kier molecular flexibility index (Phi) is 6.36. The Labute approximate surface area is 171 Å². The second-order valence-electron chi connectivity index (χ2n) is 6.57. The van der Waals surface area contributed by atoms with Gasteiger partial charge in [0, 0.05) is 31.9 Å². The van der Waals surface area contributed by atoms with Crippen LogP contribution < -0.4 is 4.80 Å². The Morgan fingerprint density at radius 2 is 1.93 bits per heavy atom. The van der Waals surface area contributed by atoms with Gasteiger partial charge in [0.15, 0.2) is 4.80 Å². The van der Waals surface area contributed by atoms with Crippen LogP contribution >= 0.6 is 11.3 Å². The summed E-state index contributed by atoms with van der Waals surface area (Å²) in [6.07, 6.45) is 2.96. The minimum Gasteiger partial charge on any atom is -0.383 e. The van der Waals surface area contributed by atoms with Gasteiger partial charge in [-0.15, -0.1) is 0 Å². The third-order valence-electron chi connectivity index (χ3n) is 4.55. The molecule has 1 amide bonds. The summed E-state index contributed by atoms with van der Waals surface area (Å²) in [4.78, 5) is 27.5. The highest BCUT2D eigenvalue weighted by atomic mass is 32.1. The van der Waals surface area contributed by atoms with Gasteiger partial charge in [0.1, 0.15) is 0 Å². The lowest BCUT2D eigenvalue weighted by molar-refractivity contribution is -0.384. The van der Waals surface area contributed by atoms with Crippen molar-refractivity contribution in [1.29, 1.82) is 0 Å².